The van der Waals surface area contributed by atoms with Crippen molar-refractivity contribution in [1.82, 2.24) is 0 Å². The summed E-state index contributed by atoms with van der Waals surface area (Å²) in [6, 6.07) is 11.5. The van der Waals surface area contributed by atoms with Gasteiger partial charge in [0.05, 0.1) is 6.61 Å². The second kappa shape index (κ2) is 4.87. The molecule has 88 valence electrons. The van der Waals surface area contributed by atoms with Gasteiger partial charge in [-0.15, -0.1) is 0 Å². The molecule has 2 nitrogen and oxygen atoms in total. The summed E-state index contributed by atoms with van der Waals surface area (Å²) in [5.74, 6) is 0.0911. The highest BCUT2D eigenvalue weighted by Crippen LogP contribution is 2.27. The molecular weight excluding hydrogens is 219 g/mol. The number of halogens is 1. The molecule has 1 N–H and O–H groups in total. The Morgan fingerprint density at radius 2 is 1.71 bits per heavy atom. The van der Waals surface area contributed by atoms with Crippen LogP contribution in [0.25, 0.3) is 11.1 Å². The number of hydrogen-bond acceptors (Lipinski definition) is 2. The van der Waals surface area contributed by atoms with Crippen molar-refractivity contribution in [3.05, 3.63) is 48.3 Å². The molecule has 0 heterocycles. The van der Waals surface area contributed by atoms with E-state index in [1.807, 2.05) is 6.92 Å². The van der Waals surface area contributed by atoms with E-state index in [1.165, 1.54) is 6.07 Å². The van der Waals surface area contributed by atoms with Crippen molar-refractivity contribution in [3.8, 4) is 22.6 Å². The van der Waals surface area contributed by atoms with Crippen LogP contribution >= 0.6 is 0 Å². The molecule has 0 atom stereocenters. The van der Waals surface area contributed by atoms with E-state index in [9.17, 15) is 9.50 Å². The molecule has 0 aliphatic carbocycles. The van der Waals surface area contributed by atoms with E-state index in [0.717, 1.165) is 11.1 Å². The Morgan fingerprint density at radius 1 is 1.06 bits per heavy atom. The van der Waals surface area contributed by atoms with Crippen LogP contribution in [0.3, 0.4) is 0 Å². The van der Waals surface area contributed by atoms with Gasteiger partial charge in [-0.1, -0.05) is 18.2 Å². The maximum atomic E-state index is 13.4. The third kappa shape index (κ3) is 2.56. The topological polar surface area (TPSA) is 29.5 Å². The molecule has 0 radical (unpaired) electrons. The zero-order valence-corrected chi connectivity index (χ0v) is 9.48. The van der Waals surface area contributed by atoms with E-state index >= 15 is 0 Å². The first-order valence-electron chi connectivity index (χ1n) is 5.42. The Kier molecular flexibility index (Phi) is 3.28. The summed E-state index contributed by atoms with van der Waals surface area (Å²) < 4.78 is 18.6. The number of phenolic OH excluding ortho intramolecular Hbond substituents is 1. The predicted molar refractivity (Wildman–Crippen MR) is 64.7 cm³/mol. The van der Waals surface area contributed by atoms with Crippen LogP contribution in [0, 0.1) is 5.82 Å². The second-order valence-electron chi connectivity index (χ2n) is 3.63. The number of hydrogen-bond donors (Lipinski definition) is 1. The maximum absolute atomic E-state index is 13.4. The van der Waals surface area contributed by atoms with Gasteiger partial charge in [0.25, 0.3) is 0 Å². The highest BCUT2D eigenvalue weighted by molar-refractivity contribution is 5.65. The molecule has 0 spiro atoms. The fourth-order valence-electron chi connectivity index (χ4n) is 1.60. The first-order chi connectivity index (χ1) is 8.20. The summed E-state index contributed by atoms with van der Waals surface area (Å²) in [7, 11) is 0. The molecule has 0 amide bonds. The van der Waals surface area contributed by atoms with Gasteiger partial charge < -0.3 is 9.84 Å². The zero-order valence-electron chi connectivity index (χ0n) is 9.48. The van der Waals surface area contributed by atoms with Crippen molar-refractivity contribution in [1.29, 1.82) is 0 Å². The van der Waals surface area contributed by atoms with Crippen molar-refractivity contribution in [2.45, 2.75) is 6.92 Å². The lowest BCUT2D eigenvalue weighted by atomic mass is 10.1. The van der Waals surface area contributed by atoms with E-state index in [1.54, 1.807) is 36.4 Å². The molecular formula is C14H13FO2. The molecule has 2 aromatic rings. The summed E-state index contributed by atoms with van der Waals surface area (Å²) in [6.07, 6.45) is 0. The number of ether oxygens (including phenoxy) is 1. The van der Waals surface area contributed by atoms with Gasteiger partial charge in [0.2, 0.25) is 0 Å². The van der Waals surface area contributed by atoms with Crippen LogP contribution in [0.2, 0.25) is 0 Å². The van der Waals surface area contributed by atoms with Gasteiger partial charge in [0.15, 0.2) is 11.6 Å². The smallest absolute Gasteiger partial charge is 0.165 e. The van der Waals surface area contributed by atoms with Crippen LogP contribution in [0.5, 0.6) is 11.5 Å². The molecule has 0 aliphatic heterocycles. The molecule has 0 saturated carbocycles. The predicted octanol–water partition coefficient (Wildman–Crippen LogP) is 3.60. The molecule has 0 fully saturated rings. The minimum Gasteiger partial charge on any atom is -0.508 e. The second-order valence-corrected chi connectivity index (χ2v) is 3.63. The molecule has 2 aromatic carbocycles. The van der Waals surface area contributed by atoms with Gasteiger partial charge in [-0.05, 0) is 42.3 Å². The van der Waals surface area contributed by atoms with Gasteiger partial charge in [0.1, 0.15) is 5.75 Å². The number of rotatable bonds is 3. The molecule has 0 saturated heterocycles. The Hall–Kier alpha value is -2.03. The monoisotopic (exact) mass is 232 g/mol. The number of phenols is 1. The summed E-state index contributed by atoms with van der Waals surface area (Å²) in [4.78, 5) is 0. The quantitative estimate of drug-likeness (QED) is 0.876. The summed E-state index contributed by atoms with van der Waals surface area (Å²) in [6.45, 7) is 2.24. The van der Waals surface area contributed by atoms with E-state index in [-0.39, 0.29) is 17.3 Å². The summed E-state index contributed by atoms with van der Waals surface area (Å²) in [5.41, 5.74) is 1.76. The molecule has 3 heteroatoms. The zero-order chi connectivity index (χ0) is 12.3. The fraction of sp³-hybridized carbons (Fsp3) is 0.143. The van der Waals surface area contributed by atoms with Gasteiger partial charge in [-0.3, -0.25) is 0 Å². The number of benzene rings is 2. The van der Waals surface area contributed by atoms with Crippen molar-refractivity contribution in [3.63, 3.8) is 0 Å². The lowest BCUT2D eigenvalue weighted by molar-refractivity contribution is 0.322. The van der Waals surface area contributed by atoms with Crippen LogP contribution in [0.1, 0.15) is 6.92 Å². The molecule has 17 heavy (non-hydrogen) atoms. The molecule has 2 rings (SSSR count). The lowest BCUT2D eigenvalue weighted by Gasteiger charge is -2.07. The van der Waals surface area contributed by atoms with Crippen molar-refractivity contribution in [2.24, 2.45) is 0 Å². The summed E-state index contributed by atoms with van der Waals surface area (Å²) >= 11 is 0. The molecule has 0 unspecified atom stereocenters. The molecule has 0 aliphatic rings. The van der Waals surface area contributed by atoms with Crippen LogP contribution in [-0.2, 0) is 0 Å². The molecule has 0 aromatic heterocycles. The van der Waals surface area contributed by atoms with Crippen LogP contribution in [0.15, 0.2) is 42.5 Å². The van der Waals surface area contributed by atoms with E-state index in [4.69, 9.17) is 4.74 Å². The first kappa shape index (κ1) is 11.5. The minimum atomic E-state index is -0.366. The SMILES string of the molecule is CCOc1cc(-c2ccc(O)cc2)ccc1F. The number of aromatic hydroxyl groups is 1. The van der Waals surface area contributed by atoms with Gasteiger partial charge in [0, 0.05) is 0 Å². The maximum Gasteiger partial charge on any atom is 0.165 e. The average molecular weight is 232 g/mol. The van der Waals surface area contributed by atoms with Gasteiger partial charge in [-0.25, -0.2) is 4.39 Å². The van der Waals surface area contributed by atoms with Gasteiger partial charge in [-0.2, -0.15) is 0 Å². The Morgan fingerprint density at radius 3 is 2.35 bits per heavy atom. The van der Waals surface area contributed by atoms with E-state index < -0.39 is 0 Å². The standard InChI is InChI=1S/C14H13FO2/c1-2-17-14-9-11(5-8-13(14)15)10-3-6-12(16)7-4-10/h3-9,16H,2H2,1H3. The average Bonchev–Trinajstić information content (AvgIpc) is 2.33. The van der Waals surface area contributed by atoms with Crippen molar-refractivity contribution >= 4 is 0 Å². The van der Waals surface area contributed by atoms with Crippen molar-refractivity contribution in [2.75, 3.05) is 6.61 Å². The Bertz CT molecular complexity index is 506. The first-order valence-corrected chi connectivity index (χ1v) is 5.42. The highest BCUT2D eigenvalue weighted by Gasteiger charge is 2.05. The van der Waals surface area contributed by atoms with Crippen LogP contribution < -0.4 is 4.74 Å². The largest absolute Gasteiger partial charge is 0.508 e. The lowest BCUT2D eigenvalue weighted by Crippen LogP contribution is -1.94. The van der Waals surface area contributed by atoms with Crippen LogP contribution in [-0.4, -0.2) is 11.7 Å². The minimum absolute atomic E-state index is 0.209. The highest BCUT2D eigenvalue weighted by atomic mass is 19.1. The summed E-state index contributed by atoms with van der Waals surface area (Å²) in [5, 5.41) is 9.20. The van der Waals surface area contributed by atoms with Gasteiger partial charge >= 0.3 is 0 Å². The van der Waals surface area contributed by atoms with E-state index in [2.05, 4.69) is 0 Å². The Balaban J connectivity index is 2.39. The van der Waals surface area contributed by atoms with Crippen LogP contribution in [0.4, 0.5) is 4.39 Å². The third-order valence-electron chi connectivity index (χ3n) is 2.43. The fourth-order valence-corrected chi connectivity index (χ4v) is 1.60. The van der Waals surface area contributed by atoms with E-state index in [0.29, 0.717) is 6.61 Å². The normalized spacial score (nSPS) is 10.2. The Labute approximate surface area is 99.3 Å². The molecule has 0 bridgehead atoms. The van der Waals surface area contributed by atoms with Crippen molar-refractivity contribution < 1.29 is 14.2 Å². The third-order valence-corrected chi connectivity index (χ3v) is 2.43.